The van der Waals surface area contributed by atoms with Crippen molar-refractivity contribution < 1.29 is 9.18 Å². The van der Waals surface area contributed by atoms with E-state index in [-0.39, 0.29) is 5.56 Å². The normalized spacial score (nSPS) is 11.1. The standard InChI is InChI=1S/C17H13FN6O/c1-24-8-10(7-21-24)16-22-14-11(4-5-20-17(14)23-16)9-2-3-12(15(19)25)13(18)6-9/h2-8H,1H3,(H2,19,25)(H,20,22,23). The summed E-state index contributed by atoms with van der Waals surface area (Å²) in [6.07, 6.45) is 5.13. The minimum Gasteiger partial charge on any atom is -0.366 e. The van der Waals surface area contributed by atoms with E-state index in [0.29, 0.717) is 22.6 Å². The second-order valence-corrected chi connectivity index (χ2v) is 5.60. The lowest BCUT2D eigenvalue weighted by molar-refractivity contribution is 0.0996. The first-order valence-corrected chi connectivity index (χ1v) is 7.46. The number of primary amides is 1. The van der Waals surface area contributed by atoms with Crippen LogP contribution in [0.5, 0.6) is 0 Å². The molecule has 0 aliphatic heterocycles. The van der Waals surface area contributed by atoms with Crippen molar-refractivity contribution >= 4 is 17.1 Å². The first-order valence-electron chi connectivity index (χ1n) is 7.46. The molecule has 8 heteroatoms. The Morgan fingerprint density at radius 1 is 1.28 bits per heavy atom. The molecule has 0 saturated heterocycles. The lowest BCUT2D eigenvalue weighted by Gasteiger charge is -2.05. The van der Waals surface area contributed by atoms with Gasteiger partial charge in [-0.1, -0.05) is 6.07 Å². The summed E-state index contributed by atoms with van der Waals surface area (Å²) in [6, 6.07) is 6.05. The Kier molecular flexibility index (Phi) is 3.31. The second kappa shape index (κ2) is 5.52. The number of aryl methyl sites for hydroxylation is 1. The Morgan fingerprint density at radius 2 is 2.12 bits per heavy atom. The van der Waals surface area contributed by atoms with Gasteiger partial charge in [0, 0.05) is 25.0 Å². The maximum atomic E-state index is 14.1. The summed E-state index contributed by atoms with van der Waals surface area (Å²) in [5, 5.41) is 4.12. The van der Waals surface area contributed by atoms with Crippen molar-refractivity contribution in [1.82, 2.24) is 24.7 Å². The van der Waals surface area contributed by atoms with Crippen molar-refractivity contribution in [1.29, 1.82) is 0 Å². The summed E-state index contributed by atoms with van der Waals surface area (Å²) in [5.74, 6) is -0.844. The zero-order valence-corrected chi connectivity index (χ0v) is 13.2. The molecule has 4 aromatic rings. The summed E-state index contributed by atoms with van der Waals surface area (Å²) in [6.45, 7) is 0. The number of aromatic nitrogens is 5. The predicted octanol–water partition coefficient (Wildman–Crippen LogP) is 2.26. The van der Waals surface area contributed by atoms with Gasteiger partial charge in [0.05, 0.1) is 22.8 Å². The Hall–Kier alpha value is -3.55. The van der Waals surface area contributed by atoms with Crippen LogP contribution in [0.1, 0.15) is 10.4 Å². The summed E-state index contributed by atoms with van der Waals surface area (Å²) < 4.78 is 15.8. The summed E-state index contributed by atoms with van der Waals surface area (Å²) in [7, 11) is 1.82. The number of halogens is 1. The highest BCUT2D eigenvalue weighted by Crippen LogP contribution is 2.29. The van der Waals surface area contributed by atoms with Gasteiger partial charge in [-0.25, -0.2) is 14.4 Å². The third-order valence-electron chi connectivity index (χ3n) is 3.92. The number of imidazole rings is 1. The average molecular weight is 336 g/mol. The number of carbonyl (C=O) groups is 1. The van der Waals surface area contributed by atoms with Gasteiger partial charge in [0.1, 0.15) is 11.6 Å². The molecule has 0 bridgehead atoms. The molecule has 0 aliphatic carbocycles. The van der Waals surface area contributed by atoms with Crippen molar-refractivity contribution in [3.8, 4) is 22.5 Å². The van der Waals surface area contributed by atoms with Gasteiger partial charge < -0.3 is 10.7 Å². The maximum absolute atomic E-state index is 14.1. The smallest absolute Gasteiger partial charge is 0.251 e. The van der Waals surface area contributed by atoms with Crippen LogP contribution in [-0.4, -0.2) is 30.6 Å². The van der Waals surface area contributed by atoms with E-state index in [1.165, 1.54) is 12.1 Å². The molecular formula is C17H13FN6O. The topological polar surface area (TPSA) is 102 Å². The molecule has 0 spiro atoms. The number of fused-ring (bicyclic) bond motifs is 1. The largest absolute Gasteiger partial charge is 0.366 e. The molecule has 0 saturated carbocycles. The van der Waals surface area contributed by atoms with Crippen LogP contribution in [0.3, 0.4) is 0 Å². The van der Waals surface area contributed by atoms with Gasteiger partial charge in [0.15, 0.2) is 5.65 Å². The Bertz CT molecular complexity index is 1110. The molecule has 4 rings (SSSR count). The highest BCUT2D eigenvalue weighted by atomic mass is 19.1. The van der Waals surface area contributed by atoms with E-state index in [9.17, 15) is 9.18 Å². The van der Waals surface area contributed by atoms with Gasteiger partial charge in [0.2, 0.25) is 0 Å². The van der Waals surface area contributed by atoms with Crippen molar-refractivity contribution in [2.24, 2.45) is 12.8 Å². The van der Waals surface area contributed by atoms with Gasteiger partial charge in [-0.2, -0.15) is 5.10 Å². The molecule has 7 nitrogen and oxygen atoms in total. The number of rotatable bonds is 3. The minimum absolute atomic E-state index is 0.144. The summed E-state index contributed by atoms with van der Waals surface area (Å²) in [5.41, 5.74) is 8.33. The van der Waals surface area contributed by atoms with Crippen molar-refractivity contribution in [3.05, 3.63) is 54.2 Å². The van der Waals surface area contributed by atoms with Crippen LogP contribution >= 0.6 is 0 Å². The number of benzene rings is 1. The predicted molar refractivity (Wildman–Crippen MR) is 90.0 cm³/mol. The fourth-order valence-corrected chi connectivity index (χ4v) is 2.71. The summed E-state index contributed by atoms with van der Waals surface area (Å²) in [4.78, 5) is 23.1. The van der Waals surface area contributed by atoms with Crippen molar-refractivity contribution in [2.45, 2.75) is 0 Å². The molecule has 0 fully saturated rings. The van der Waals surface area contributed by atoms with E-state index >= 15 is 0 Å². The number of aromatic amines is 1. The number of amides is 1. The molecule has 3 N–H and O–H groups in total. The van der Waals surface area contributed by atoms with Gasteiger partial charge in [-0.05, 0) is 23.8 Å². The van der Waals surface area contributed by atoms with Crippen molar-refractivity contribution in [3.63, 3.8) is 0 Å². The molecule has 1 aromatic carbocycles. The Labute approximate surface area is 141 Å². The first-order chi connectivity index (χ1) is 12.0. The first kappa shape index (κ1) is 15.0. The van der Waals surface area contributed by atoms with Gasteiger partial charge >= 0.3 is 0 Å². The number of nitrogens with zero attached hydrogens (tertiary/aromatic N) is 4. The van der Waals surface area contributed by atoms with Gasteiger partial charge in [-0.15, -0.1) is 0 Å². The van der Waals surface area contributed by atoms with Crippen LogP contribution in [0, 0.1) is 5.82 Å². The summed E-state index contributed by atoms with van der Waals surface area (Å²) >= 11 is 0. The number of hydrogen-bond donors (Lipinski definition) is 2. The highest BCUT2D eigenvalue weighted by molar-refractivity contribution is 5.95. The quantitative estimate of drug-likeness (QED) is 0.599. The van der Waals surface area contributed by atoms with E-state index < -0.39 is 11.7 Å². The van der Waals surface area contributed by atoms with Crippen LogP contribution in [0.4, 0.5) is 4.39 Å². The Balaban J connectivity index is 1.86. The molecular weight excluding hydrogens is 323 g/mol. The maximum Gasteiger partial charge on any atom is 0.251 e. The van der Waals surface area contributed by atoms with Crippen LogP contribution in [0.15, 0.2) is 42.9 Å². The fourth-order valence-electron chi connectivity index (χ4n) is 2.71. The third-order valence-corrected chi connectivity index (χ3v) is 3.92. The second-order valence-electron chi connectivity index (χ2n) is 5.60. The SMILES string of the molecule is Cn1cc(-c2nc3nccc(-c4ccc(C(N)=O)c(F)c4)c3[nH]2)cn1. The molecule has 1 amide bonds. The molecule has 0 atom stereocenters. The minimum atomic E-state index is -0.802. The number of nitrogens with two attached hydrogens (primary N) is 1. The molecule has 3 aromatic heterocycles. The van der Waals surface area contributed by atoms with Crippen LogP contribution in [0.2, 0.25) is 0 Å². The van der Waals surface area contributed by atoms with Crippen LogP contribution in [0.25, 0.3) is 33.7 Å². The fraction of sp³-hybridized carbons (Fsp3) is 0.0588. The number of H-pyrrole nitrogens is 1. The van der Waals surface area contributed by atoms with Crippen LogP contribution in [-0.2, 0) is 7.05 Å². The van der Waals surface area contributed by atoms with Crippen LogP contribution < -0.4 is 5.73 Å². The average Bonchev–Trinajstić information content (AvgIpc) is 3.19. The highest BCUT2D eigenvalue weighted by Gasteiger charge is 2.14. The lowest BCUT2D eigenvalue weighted by atomic mass is 10.0. The van der Waals surface area contributed by atoms with E-state index in [1.54, 1.807) is 29.2 Å². The number of hydrogen-bond acceptors (Lipinski definition) is 4. The molecule has 124 valence electrons. The number of carbonyl (C=O) groups excluding carboxylic acids is 1. The molecule has 25 heavy (non-hydrogen) atoms. The third kappa shape index (κ3) is 2.53. The molecule has 0 aliphatic rings. The Morgan fingerprint density at radius 3 is 2.80 bits per heavy atom. The molecule has 0 radical (unpaired) electrons. The van der Waals surface area contributed by atoms with Gasteiger partial charge in [-0.3, -0.25) is 9.48 Å². The lowest BCUT2D eigenvalue weighted by Crippen LogP contribution is -2.12. The van der Waals surface area contributed by atoms with Crippen molar-refractivity contribution in [2.75, 3.05) is 0 Å². The van der Waals surface area contributed by atoms with Gasteiger partial charge in [0.25, 0.3) is 5.91 Å². The number of pyridine rings is 1. The monoisotopic (exact) mass is 336 g/mol. The zero-order valence-electron chi connectivity index (χ0n) is 13.2. The number of nitrogens with one attached hydrogen (secondary N) is 1. The van der Waals surface area contributed by atoms with E-state index in [1.807, 2.05) is 13.2 Å². The van der Waals surface area contributed by atoms with E-state index in [2.05, 4.69) is 20.1 Å². The molecule has 0 unspecified atom stereocenters. The zero-order chi connectivity index (χ0) is 17.6. The van der Waals surface area contributed by atoms with E-state index in [0.717, 1.165) is 11.1 Å². The van der Waals surface area contributed by atoms with E-state index in [4.69, 9.17) is 5.73 Å². The molecule has 3 heterocycles.